The summed E-state index contributed by atoms with van der Waals surface area (Å²) < 4.78 is 0. The van der Waals surface area contributed by atoms with Gasteiger partial charge in [0.15, 0.2) is 0 Å². The van der Waals surface area contributed by atoms with Crippen molar-refractivity contribution in [1.29, 1.82) is 0 Å². The molecule has 2 rings (SSSR count). The molecule has 20 heavy (non-hydrogen) atoms. The Hall–Kier alpha value is -0.650. The third-order valence-corrected chi connectivity index (χ3v) is 4.76. The van der Waals surface area contributed by atoms with Crippen LogP contribution in [0.15, 0.2) is 0 Å². The van der Waals surface area contributed by atoms with E-state index in [4.69, 9.17) is 5.73 Å². The van der Waals surface area contributed by atoms with E-state index in [1.807, 2.05) is 0 Å². The SMILES string of the molecule is CN(C)CCCN(C)C1CCC(NC2CC2)(C(N)=O)C1. The van der Waals surface area contributed by atoms with Gasteiger partial charge in [-0.25, -0.2) is 0 Å². The summed E-state index contributed by atoms with van der Waals surface area (Å²) in [4.78, 5) is 16.5. The highest BCUT2D eigenvalue weighted by Crippen LogP contribution is 2.35. The molecule has 0 bridgehead atoms. The van der Waals surface area contributed by atoms with Crippen LogP contribution >= 0.6 is 0 Å². The van der Waals surface area contributed by atoms with Crippen LogP contribution in [0.1, 0.15) is 38.5 Å². The van der Waals surface area contributed by atoms with Crippen LogP contribution in [0.3, 0.4) is 0 Å². The first-order valence-corrected chi connectivity index (χ1v) is 7.85. The Morgan fingerprint density at radius 2 is 1.95 bits per heavy atom. The van der Waals surface area contributed by atoms with Gasteiger partial charge in [-0.3, -0.25) is 4.79 Å². The lowest BCUT2D eigenvalue weighted by molar-refractivity contribution is -0.124. The van der Waals surface area contributed by atoms with Crippen LogP contribution < -0.4 is 11.1 Å². The molecular weight excluding hydrogens is 252 g/mol. The Morgan fingerprint density at radius 1 is 1.25 bits per heavy atom. The summed E-state index contributed by atoms with van der Waals surface area (Å²) in [5, 5.41) is 3.52. The van der Waals surface area contributed by atoms with Gasteiger partial charge >= 0.3 is 0 Å². The molecule has 0 heterocycles. The number of hydrogen-bond acceptors (Lipinski definition) is 4. The maximum absolute atomic E-state index is 11.9. The van der Waals surface area contributed by atoms with Gasteiger partial charge in [0.1, 0.15) is 0 Å². The Labute approximate surface area is 122 Å². The molecule has 0 saturated heterocycles. The van der Waals surface area contributed by atoms with Crippen LogP contribution in [0.4, 0.5) is 0 Å². The average Bonchev–Trinajstić information content (AvgIpc) is 3.05. The smallest absolute Gasteiger partial charge is 0.237 e. The number of primary amides is 1. The predicted octanol–water partition coefficient (Wildman–Crippen LogP) is 0.399. The van der Waals surface area contributed by atoms with Crippen LogP contribution in [-0.2, 0) is 4.79 Å². The number of carbonyl (C=O) groups excluding carboxylic acids is 1. The molecule has 0 aromatic heterocycles. The minimum Gasteiger partial charge on any atom is -0.368 e. The molecule has 0 aromatic carbocycles. The van der Waals surface area contributed by atoms with Gasteiger partial charge in [-0.15, -0.1) is 0 Å². The molecule has 0 aromatic rings. The standard InChI is InChI=1S/C15H30N4O/c1-18(2)9-4-10-19(3)13-7-8-15(11-13,14(16)20)17-12-5-6-12/h12-13,17H,4-11H2,1-3H3,(H2,16,20). The van der Waals surface area contributed by atoms with Gasteiger partial charge < -0.3 is 20.9 Å². The van der Waals surface area contributed by atoms with Crippen LogP contribution in [0.2, 0.25) is 0 Å². The topological polar surface area (TPSA) is 61.6 Å². The Balaban J connectivity index is 1.83. The van der Waals surface area contributed by atoms with E-state index >= 15 is 0 Å². The summed E-state index contributed by atoms with van der Waals surface area (Å²) in [5.74, 6) is -0.159. The van der Waals surface area contributed by atoms with Gasteiger partial charge in [0, 0.05) is 12.1 Å². The maximum atomic E-state index is 11.9. The first-order chi connectivity index (χ1) is 9.43. The second-order valence-electron chi connectivity index (χ2n) is 6.90. The lowest BCUT2D eigenvalue weighted by Gasteiger charge is -2.30. The highest BCUT2D eigenvalue weighted by molar-refractivity contribution is 5.85. The molecular formula is C15H30N4O. The van der Waals surface area contributed by atoms with Gasteiger partial charge in [0.2, 0.25) is 5.91 Å². The average molecular weight is 282 g/mol. The van der Waals surface area contributed by atoms with Crippen molar-refractivity contribution >= 4 is 5.91 Å². The number of hydrogen-bond donors (Lipinski definition) is 2. The van der Waals surface area contributed by atoms with Crippen molar-refractivity contribution in [3.8, 4) is 0 Å². The molecule has 1 amide bonds. The lowest BCUT2D eigenvalue weighted by atomic mass is 9.96. The van der Waals surface area contributed by atoms with E-state index in [0.717, 1.165) is 32.4 Å². The molecule has 3 N–H and O–H groups in total. The zero-order valence-electron chi connectivity index (χ0n) is 13.2. The molecule has 2 unspecified atom stereocenters. The first kappa shape index (κ1) is 15.7. The van der Waals surface area contributed by atoms with E-state index in [9.17, 15) is 4.79 Å². The molecule has 0 radical (unpaired) electrons. The van der Waals surface area contributed by atoms with Gasteiger partial charge in [-0.05, 0) is 72.8 Å². The summed E-state index contributed by atoms with van der Waals surface area (Å²) in [6, 6.07) is 1.01. The van der Waals surface area contributed by atoms with Crippen LogP contribution in [0.25, 0.3) is 0 Å². The third-order valence-electron chi connectivity index (χ3n) is 4.76. The number of nitrogens with one attached hydrogen (secondary N) is 1. The van der Waals surface area contributed by atoms with Crippen molar-refractivity contribution in [3.63, 3.8) is 0 Å². The van der Waals surface area contributed by atoms with Crippen LogP contribution in [0, 0.1) is 0 Å². The molecule has 0 aliphatic heterocycles. The fourth-order valence-electron chi connectivity index (χ4n) is 3.26. The summed E-state index contributed by atoms with van der Waals surface area (Å²) in [5.41, 5.74) is 5.24. The highest BCUT2D eigenvalue weighted by Gasteiger charge is 2.47. The Morgan fingerprint density at radius 3 is 2.50 bits per heavy atom. The maximum Gasteiger partial charge on any atom is 0.237 e. The normalized spacial score (nSPS) is 30.4. The molecule has 2 atom stereocenters. The molecule has 2 fully saturated rings. The summed E-state index contributed by atoms with van der Waals surface area (Å²) in [7, 11) is 6.38. The molecule has 116 valence electrons. The quantitative estimate of drug-likeness (QED) is 0.676. The van der Waals surface area contributed by atoms with Crippen molar-refractivity contribution in [1.82, 2.24) is 15.1 Å². The summed E-state index contributed by atoms with van der Waals surface area (Å²) in [6.07, 6.45) is 6.39. The minimum atomic E-state index is -0.443. The van der Waals surface area contributed by atoms with E-state index in [-0.39, 0.29) is 5.91 Å². The number of carbonyl (C=O) groups is 1. The number of rotatable bonds is 8. The molecule has 5 nitrogen and oxygen atoms in total. The minimum absolute atomic E-state index is 0.159. The third kappa shape index (κ3) is 3.93. The molecule has 0 spiro atoms. The van der Waals surface area contributed by atoms with Crippen molar-refractivity contribution in [2.45, 2.75) is 56.1 Å². The Kier molecular flexibility index (Phi) is 5.04. The van der Waals surface area contributed by atoms with Gasteiger partial charge in [-0.2, -0.15) is 0 Å². The lowest BCUT2D eigenvalue weighted by Crippen LogP contribution is -2.55. The second kappa shape index (κ2) is 6.41. The zero-order chi connectivity index (χ0) is 14.8. The van der Waals surface area contributed by atoms with E-state index in [1.54, 1.807) is 0 Å². The fraction of sp³-hybridized carbons (Fsp3) is 0.933. The first-order valence-electron chi connectivity index (χ1n) is 7.85. The van der Waals surface area contributed by atoms with E-state index in [1.165, 1.54) is 19.3 Å². The molecule has 2 aliphatic rings. The fourth-order valence-corrected chi connectivity index (χ4v) is 3.26. The van der Waals surface area contributed by atoms with Crippen molar-refractivity contribution in [2.24, 2.45) is 5.73 Å². The van der Waals surface area contributed by atoms with Crippen molar-refractivity contribution in [3.05, 3.63) is 0 Å². The largest absolute Gasteiger partial charge is 0.368 e. The Bertz CT molecular complexity index is 343. The highest BCUT2D eigenvalue weighted by atomic mass is 16.1. The van der Waals surface area contributed by atoms with Gasteiger partial charge in [0.25, 0.3) is 0 Å². The summed E-state index contributed by atoms with van der Waals surface area (Å²) in [6.45, 7) is 2.19. The predicted molar refractivity (Wildman–Crippen MR) is 81.5 cm³/mol. The summed E-state index contributed by atoms with van der Waals surface area (Å²) >= 11 is 0. The second-order valence-corrected chi connectivity index (χ2v) is 6.90. The van der Waals surface area contributed by atoms with Gasteiger partial charge in [-0.1, -0.05) is 0 Å². The molecule has 2 aliphatic carbocycles. The molecule has 5 heteroatoms. The number of nitrogens with zero attached hydrogens (tertiary/aromatic N) is 2. The number of nitrogens with two attached hydrogens (primary N) is 1. The monoisotopic (exact) mass is 282 g/mol. The van der Waals surface area contributed by atoms with Crippen LogP contribution in [0.5, 0.6) is 0 Å². The zero-order valence-corrected chi connectivity index (χ0v) is 13.2. The number of amides is 1. The van der Waals surface area contributed by atoms with E-state index < -0.39 is 5.54 Å². The van der Waals surface area contributed by atoms with E-state index in [0.29, 0.717) is 12.1 Å². The molecule has 2 saturated carbocycles. The van der Waals surface area contributed by atoms with Crippen molar-refractivity contribution < 1.29 is 4.79 Å². The van der Waals surface area contributed by atoms with Crippen molar-refractivity contribution in [2.75, 3.05) is 34.2 Å². The van der Waals surface area contributed by atoms with Crippen LogP contribution in [-0.4, -0.2) is 67.6 Å². The van der Waals surface area contributed by atoms with E-state index in [2.05, 4.69) is 36.3 Å². The van der Waals surface area contributed by atoms with Gasteiger partial charge in [0.05, 0.1) is 5.54 Å².